The van der Waals surface area contributed by atoms with Gasteiger partial charge < -0.3 is 5.73 Å². The molecule has 0 aliphatic heterocycles. The zero-order valence-electron chi connectivity index (χ0n) is 8.68. The Labute approximate surface area is 81.1 Å². The van der Waals surface area contributed by atoms with E-state index >= 15 is 0 Å². The van der Waals surface area contributed by atoms with E-state index in [0.29, 0.717) is 5.41 Å². The third kappa shape index (κ3) is 1.09. The van der Waals surface area contributed by atoms with Crippen molar-refractivity contribution in [2.45, 2.75) is 57.4 Å². The van der Waals surface area contributed by atoms with Gasteiger partial charge in [0.25, 0.3) is 0 Å². The predicted molar refractivity (Wildman–Crippen MR) is 54.3 cm³/mol. The maximum Gasteiger partial charge on any atom is 0.0164 e. The lowest BCUT2D eigenvalue weighted by atomic mass is 9.46. The van der Waals surface area contributed by atoms with Crippen molar-refractivity contribution >= 4 is 0 Å². The molecule has 4 fully saturated rings. The Balaban J connectivity index is 1.95. The number of nitrogens with two attached hydrogens (primary N) is 1. The van der Waals surface area contributed by atoms with Crippen LogP contribution in [0.5, 0.6) is 0 Å². The molecule has 0 heterocycles. The lowest BCUT2D eigenvalue weighted by Crippen LogP contribution is -2.59. The zero-order chi connectivity index (χ0) is 9.10. The Morgan fingerprint density at radius 3 is 2.23 bits per heavy atom. The second-order valence-electron chi connectivity index (χ2n) is 6.18. The summed E-state index contributed by atoms with van der Waals surface area (Å²) in [6.45, 7) is 2.37. The highest BCUT2D eigenvalue weighted by molar-refractivity contribution is 5.09. The largest absolute Gasteiger partial charge is 0.325 e. The molecule has 0 aromatic rings. The maximum atomic E-state index is 6.48. The monoisotopic (exact) mass is 179 g/mol. The van der Waals surface area contributed by atoms with Crippen LogP contribution in [0.4, 0.5) is 0 Å². The third-order valence-corrected chi connectivity index (χ3v) is 4.98. The summed E-state index contributed by atoms with van der Waals surface area (Å²) in [5.74, 6) is 1.98. The van der Waals surface area contributed by atoms with E-state index in [2.05, 4.69) is 6.92 Å². The predicted octanol–water partition coefficient (Wildman–Crippen LogP) is 2.69. The van der Waals surface area contributed by atoms with E-state index in [1.165, 1.54) is 44.9 Å². The summed E-state index contributed by atoms with van der Waals surface area (Å²) in [5.41, 5.74) is 7.42. The highest BCUT2D eigenvalue weighted by atomic mass is 14.8. The second kappa shape index (κ2) is 2.31. The van der Waals surface area contributed by atoms with Gasteiger partial charge in [-0.2, -0.15) is 0 Å². The van der Waals surface area contributed by atoms with Crippen molar-refractivity contribution in [2.75, 3.05) is 0 Å². The molecule has 0 saturated heterocycles. The van der Waals surface area contributed by atoms with Crippen LogP contribution in [-0.4, -0.2) is 5.54 Å². The van der Waals surface area contributed by atoms with E-state index in [9.17, 15) is 0 Å². The summed E-state index contributed by atoms with van der Waals surface area (Å²) in [4.78, 5) is 0. The van der Waals surface area contributed by atoms with Crippen LogP contribution in [0.25, 0.3) is 0 Å². The van der Waals surface area contributed by atoms with Crippen molar-refractivity contribution in [3.8, 4) is 0 Å². The van der Waals surface area contributed by atoms with Crippen molar-refractivity contribution in [2.24, 2.45) is 23.0 Å². The van der Waals surface area contributed by atoms with Crippen molar-refractivity contribution in [3.05, 3.63) is 0 Å². The van der Waals surface area contributed by atoms with Gasteiger partial charge in [-0.05, 0) is 55.8 Å². The molecule has 13 heavy (non-hydrogen) atoms. The first-order valence-corrected chi connectivity index (χ1v) is 5.92. The first-order valence-electron chi connectivity index (χ1n) is 5.92. The van der Waals surface area contributed by atoms with Crippen molar-refractivity contribution < 1.29 is 0 Å². The average molecular weight is 179 g/mol. The second-order valence-corrected chi connectivity index (χ2v) is 6.18. The zero-order valence-corrected chi connectivity index (χ0v) is 8.68. The van der Waals surface area contributed by atoms with Crippen LogP contribution in [0.15, 0.2) is 0 Å². The van der Waals surface area contributed by atoms with E-state index in [4.69, 9.17) is 5.73 Å². The van der Waals surface area contributed by atoms with Crippen molar-refractivity contribution in [1.29, 1.82) is 0 Å². The van der Waals surface area contributed by atoms with E-state index in [-0.39, 0.29) is 5.54 Å². The van der Waals surface area contributed by atoms with Gasteiger partial charge in [0.1, 0.15) is 0 Å². The molecule has 1 nitrogen and oxygen atoms in total. The Morgan fingerprint density at radius 2 is 1.77 bits per heavy atom. The number of hydrogen-bond donors (Lipinski definition) is 1. The minimum absolute atomic E-state index is 0.264. The minimum Gasteiger partial charge on any atom is -0.325 e. The normalized spacial score (nSPS) is 58.6. The van der Waals surface area contributed by atoms with E-state index < -0.39 is 0 Å². The SMILES string of the molecule is CCC12C[C@H]3C[C@@H](CC(N)(C3)C1)C2. The molecule has 4 aliphatic rings. The van der Waals surface area contributed by atoms with Gasteiger partial charge in [0.15, 0.2) is 0 Å². The van der Waals surface area contributed by atoms with Crippen molar-refractivity contribution in [3.63, 3.8) is 0 Å². The molecule has 0 unspecified atom stereocenters. The van der Waals surface area contributed by atoms with Gasteiger partial charge in [0, 0.05) is 5.54 Å². The summed E-state index contributed by atoms with van der Waals surface area (Å²) in [6.07, 6.45) is 9.89. The van der Waals surface area contributed by atoms with Crippen LogP contribution < -0.4 is 5.73 Å². The van der Waals surface area contributed by atoms with Gasteiger partial charge in [0.2, 0.25) is 0 Å². The van der Waals surface area contributed by atoms with Gasteiger partial charge >= 0.3 is 0 Å². The molecule has 2 atom stereocenters. The molecule has 4 rings (SSSR count). The van der Waals surface area contributed by atoms with Crippen LogP contribution in [-0.2, 0) is 0 Å². The molecule has 4 aliphatic carbocycles. The van der Waals surface area contributed by atoms with Gasteiger partial charge in [0.05, 0.1) is 0 Å². The molecule has 0 aromatic heterocycles. The van der Waals surface area contributed by atoms with Gasteiger partial charge in [-0.3, -0.25) is 0 Å². The fraction of sp³-hybridized carbons (Fsp3) is 1.00. The topological polar surface area (TPSA) is 26.0 Å². The fourth-order valence-electron chi connectivity index (χ4n) is 4.94. The molecule has 0 spiro atoms. The Kier molecular flexibility index (Phi) is 1.47. The van der Waals surface area contributed by atoms with E-state index in [0.717, 1.165) is 11.8 Å². The summed E-state index contributed by atoms with van der Waals surface area (Å²) < 4.78 is 0. The van der Waals surface area contributed by atoms with E-state index in [1.807, 2.05) is 0 Å². The van der Waals surface area contributed by atoms with E-state index in [1.54, 1.807) is 0 Å². The molecular weight excluding hydrogens is 158 g/mol. The standard InChI is InChI=1S/C12H21N/c1-2-11-4-9-3-10(5-11)7-12(13,6-9)8-11/h9-10H,2-8,13H2,1H3/t9-,10-,11?,12?/m1/s1. The summed E-state index contributed by atoms with van der Waals surface area (Å²) in [7, 11) is 0. The van der Waals surface area contributed by atoms with Crippen LogP contribution in [0, 0.1) is 17.3 Å². The van der Waals surface area contributed by atoms with Crippen LogP contribution >= 0.6 is 0 Å². The molecule has 74 valence electrons. The molecular formula is C12H21N. The molecule has 0 amide bonds. The molecule has 4 saturated carbocycles. The third-order valence-electron chi connectivity index (χ3n) is 4.98. The Morgan fingerprint density at radius 1 is 1.15 bits per heavy atom. The van der Waals surface area contributed by atoms with Crippen LogP contribution in [0.1, 0.15) is 51.9 Å². The van der Waals surface area contributed by atoms with Gasteiger partial charge in [-0.25, -0.2) is 0 Å². The number of hydrogen-bond acceptors (Lipinski definition) is 1. The Bertz CT molecular complexity index is 219. The lowest BCUT2D eigenvalue weighted by molar-refractivity contribution is -0.0687. The molecule has 2 N–H and O–H groups in total. The highest BCUT2D eigenvalue weighted by Gasteiger charge is 2.55. The molecule has 0 aromatic carbocycles. The number of rotatable bonds is 1. The minimum atomic E-state index is 0.264. The average Bonchev–Trinajstić information content (AvgIpc) is 1.99. The van der Waals surface area contributed by atoms with Crippen molar-refractivity contribution in [1.82, 2.24) is 0 Å². The maximum absolute atomic E-state index is 6.48. The summed E-state index contributed by atoms with van der Waals surface area (Å²) in [5, 5.41) is 0. The summed E-state index contributed by atoms with van der Waals surface area (Å²) >= 11 is 0. The lowest BCUT2D eigenvalue weighted by Gasteiger charge is -2.61. The first kappa shape index (κ1) is 8.28. The van der Waals surface area contributed by atoms with Crippen LogP contribution in [0.2, 0.25) is 0 Å². The molecule has 4 bridgehead atoms. The van der Waals surface area contributed by atoms with Gasteiger partial charge in [-0.1, -0.05) is 13.3 Å². The molecule has 1 heteroatoms. The smallest absolute Gasteiger partial charge is 0.0164 e. The quantitative estimate of drug-likeness (QED) is 0.658. The Hall–Kier alpha value is -0.0400. The summed E-state index contributed by atoms with van der Waals surface area (Å²) in [6, 6.07) is 0. The molecule has 0 radical (unpaired) electrons. The fourth-order valence-corrected chi connectivity index (χ4v) is 4.94. The van der Waals surface area contributed by atoms with Gasteiger partial charge in [-0.15, -0.1) is 0 Å². The van der Waals surface area contributed by atoms with Crippen LogP contribution in [0.3, 0.4) is 0 Å². The first-order chi connectivity index (χ1) is 6.13. The highest BCUT2D eigenvalue weighted by Crippen LogP contribution is 2.61.